The highest BCUT2D eigenvalue weighted by atomic mass is 79.9. The van der Waals surface area contributed by atoms with Crippen LogP contribution in [0.2, 0.25) is 10.0 Å². The lowest BCUT2D eigenvalue weighted by atomic mass is 10.0. The Kier molecular flexibility index (Phi) is 11.2. The molecule has 0 unspecified atom stereocenters. The third kappa shape index (κ3) is 8.96. The van der Waals surface area contributed by atoms with Gasteiger partial charge in [0.25, 0.3) is 0 Å². The average molecular weight is 655 g/mol. The molecule has 7 nitrogen and oxygen atoms in total. The zero-order valence-corrected chi connectivity index (χ0v) is 25.5. The molecule has 0 spiro atoms. The molecule has 0 saturated carbocycles. The smallest absolute Gasteiger partial charge is 0.244 e. The van der Waals surface area contributed by atoms with Crippen molar-refractivity contribution in [2.24, 2.45) is 0 Å². The van der Waals surface area contributed by atoms with Crippen molar-refractivity contribution >= 4 is 66.7 Å². The van der Waals surface area contributed by atoms with E-state index in [0.29, 0.717) is 11.6 Å². The fourth-order valence-corrected chi connectivity index (χ4v) is 5.67. The van der Waals surface area contributed by atoms with Crippen LogP contribution in [0, 0.1) is 0 Å². The van der Waals surface area contributed by atoms with E-state index in [1.807, 2.05) is 61.5 Å². The Bertz CT molecular complexity index is 1390. The van der Waals surface area contributed by atoms with Crippen LogP contribution in [0.4, 0.5) is 5.69 Å². The molecule has 39 heavy (non-hydrogen) atoms. The van der Waals surface area contributed by atoms with Crippen molar-refractivity contribution in [2.45, 2.75) is 32.4 Å². The monoisotopic (exact) mass is 653 g/mol. The van der Waals surface area contributed by atoms with E-state index in [-0.39, 0.29) is 29.6 Å². The van der Waals surface area contributed by atoms with Crippen LogP contribution in [0.15, 0.2) is 77.3 Å². The van der Waals surface area contributed by atoms with E-state index in [9.17, 15) is 18.0 Å². The summed E-state index contributed by atoms with van der Waals surface area (Å²) in [6, 6.07) is 20.2. The van der Waals surface area contributed by atoms with Gasteiger partial charge in [0.05, 0.1) is 17.0 Å². The van der Waals surface area contributed by atoms with Gasteiger partial charge in [-0.1, -0.05) is 88.5 Å². The number of hydrogen-bond acceptors (Lipinski definition) is 4. The molecule has 11 heteroatoms. The van der Waals surface area contributed by atoms with Crippen molar-refractivity contribution in [3.05, 3.63) is 98.4 Å². The van der Waals surface area contributed by atoms with Crippen LogP contribution >= 0.6 is 39.1 Å². The van der Waals surface area contributed by atoms with Gasteiger partial charge in [-0.3, -0.25) is 13.9 Å². The summed E-state index contributed by atoms with van der Waals surface area (Å²) in [6.45, 7) is 1.93. The number of carbonyl (C=O) groups is 2. The van der Waals surface area contributed by atoms with Crippen molar-refractivity contribution in [3.63, 3.8) is 0 Å². The van der Waals surface area contributed by atoms with Gasteiger partial charge in [-0.05, 0) is 47.9 Å². The minimum Gasteiger partial charge on any atom is -0.354 e. The SMILES string of the molecule is CCCNC(=O)[C@H](Cc1ccccc1)N(Cc1ccc(Br)cc1)C(=O)CN(c1ccc(Cl)cc1Cl)S(C)(=O)=O. The van der Waals surface area contributed by atoms with Crippen LogP contribution in [-0.4, -0.2) is 50.5 Å². The molecule has 3 aromatic carbocycles. The van der Waals surface area contributed by atoms with E-state index in [1.54, 1.807) is 0 Å². The van der Waals surface area contributed by atoms with Crippen molar-refractivity contribution < 1.29 is 18.0 Å². The predicted molar refractivity (Wildman–Crippen MR) is 161 cm³/mol. The molecule has 3 aromatic rings. The number of benzene rings is 3. The Morgan fingerprint density at radius 2 is 1.64 bits per heavy atom. The number of halogens is 3. The number of amides is 2. The normalized spacial score (nSPS) is 12.0. The summed E-state index contributed by atoms with van der Waals surface area (Å²) in [5.41, 5.74) is 1.77. The quantitative estimate of drug-likeness (QED) is 0.272. The minimum absolute atomic E-state index is 0.0849. The number of anilines is 1. The topological polar surface area (TPSA) is 86.8 Å². The number of nitrogens with zero attached hydrogens (tertiary/aromatic N) is 2. The molecule has 1 N–H and O–H groups in total. The maximum atomic E-state index is 14.0. The molecule has 0 bridgehead atoms. The summed E-state index contributed by atoms with van der Waals surface area (Å²) in [5.74, 6) is -0.872. The number of nitrogens with one attached hydrogen (secondary N) is 1. The molecule has 0 aliphatic rings. The zero-order chi connectivity index (χ0) is 28.6. The molecular weight excluding hydrogens is 625 g/mol. The molecule has 0 aromatic heterocycles. The molecule has 1 atom stereocenters. The highest BCUT2D eigenvalue weighted by Gasteiger charge is 2.33. The van der Waals surface area contributed by atoms with Crippen LogP contribution in [-0.2, 0) is 32.6 Å². The molecular formula is C28H30BrCl2N3O4S. The van der Waals surface area contributed by atoms with Crippen molar-refractivity contribution in [3.8, 4) is 0 Å². The Morgan fingerprint density at radius 1 is 0.974 bits per heavy atom. The van der Waals surface area contributed by atoms with Gasteiger partial charge < -0.3 is 10.2 Å². The third-order valence-electron chi connectivity index (χ3n) is 5.94. The van der Waals surface area contributed by atoms with Gasteiger partial charge in [-0.2, -0.15) is 0 Å². The standard InChI is InChI=1S/C28H30BrCl2N3O4S/c1-3-15-32-28(36)26(16-20-7-5-4-6-8-20)33(18-21-9-11-22(29)12-10-21)27(35)19-34(39(2,37)38)25-14-13-23(30)17-24(25)31/h4-14,17,26H,3,15-16,18-19H2,1-2H3,(H,32,36)/t26-/m0/s1. The van der Waals surface area contributed by atoms with Crippen molar-refractivity contribution in [2.75, 3.05) is 23.7 Å². The highest BCUT2D eigenvalue weighted by molar-refractivity contribution is 9.10. The summed E-state index contributed by atoms with van der Waals surface area (Å²) in [5, 5.41) is 3.32. The minimum atomic E-state index is -3.93. The lowest BCUT2D eigenvalue weighted by Gasteiger charge is -2.33. The molecule has 0 radical (unpaired) electrons. The number of sulfonamides is 1. The van der Waals surface area contributed by atoms with Gasteiger partial charge in [0.15, 0.2) is 0 Å². The van der Waals surface area contributed by atoms with E-state index < -0.39 is 28.5 Å². The van der Waals surface area contributed by atoms with Gasteiger partial charge >= 0.3 is 0 Å². The summed E-state index contributed by atoms with van der Waals surface area (Å²) in [7, 11) is -3.93. The second kappa shape index (κ2) is 14.2. The lowest BCUT2D eigenvalue weighted by Crippen LogP contribution is -2.53. The third-order valence-corrected chi connectivity index (χ3v) is 8.14. The predicted octanol–water partition coefficient (Wildman–Crippen LogP) is 5.69. The second-order valence-corrected chi connectivity index (χ2v) is 12.7. The van der Waals surface area contributed by atoms with Crippen LogP contribution in [0.3, 0.4) is 0 Å². The van der Waals surface area contributed by atoms with E-state index in [1.165, 1.54) is 23.1 Å². The second-order valence-electron chi connectivity index (χ2n) is 9.01. The summed E-state index contributed by atoms with van der Waals surface area (Å²) >= 11 is 15.8. The number of rotatable bonds is 12. The molecule has 208 valence electrons. The zero-order valence-electron chi connectivity index (χ0n) is 21.6. The Balaban J connectivity index is 2.05. The highest BCUT2D eigenvalue weighted by Crippen LogP contribution is 2.30. The van der Waals surface area contributed by atoms with Gasteiger partial charge in [0.1, 0.15) is 12.6 Å². The summed E-state index contributed by atoms with van der Waals surface area (Å²) < 4.78 is 27.5. The van der Waals surface area contributed by atoms with Crippen LogP contribution < -0.4 is 9.62 Å². The lowest BCUT2D eigenvalue weighted by molar-refractivity contribution is -0.140. The Morgan fingerprint density at radius 3 is 2.23 bits per heavy atom. The number of carbonyl (C=O) groups excluding carboxylic acids is 2. The first-order chi connectivity index (χ1) is 18.5. The first kappa shape index (κ1) is 30.9. The van der Waals surface area contributed by atoms with E-state index in [4.69, 9.17) is 23.2 Å². The fourth-order valence-electron chi connectivity index (χ4n) is 3.98. The Hall–Kier alpha value is -2.59. The van der Waals surface area contributed by atoms with E-state index >= 15 is 0 Å². The molecule has 0 fully saturated rings. The van der Waals surface area contributed by atoms with Gasteiger partial charge in [0, 0.05) is 29.0 Å². The largest absolute Gasteiger partial charge is 0.354 e. The van der Waals surface area contributed by atoms with Gasteiger partial charge in [-0.15, -0.1) is 0 Å². The van der Waals surface area contributed by atoms with Crippen molar-refractivity contribution in [1.29, 1.82) is 0 Å². The molecule has 0 aliphatic heterocycles. The first-order valence-corrected chi connectivity index (χ1v) is 15.7. The van der Waals surface area contributed by atoms with Gasteiger partial charge in [-0.25, -0.2) is 8.42 Å². The molecule has 2 amide bonds. The molecule has 3 rings (SSSR count). The summed E-state index contributed by atoms with van der Waals surface area (Å²) in [6.07, 6.45) is 1.97. The van der Waals surface area contributed by atoms with E-state index in [0.717, 1.165) is 32.6 Å². The maximum absolute atomic E-state index is 14.0. The molecule has 0 aliphatic carbocycles. The molecule has 0 saturated heterocycles. The average Bonchev–Trinajstić information content (AvgIpc) is 2.89. The van der Waals surface area contributed by atoms with Crippen molar-refractivity contribution in [1.82, 2.24) is 10.2 Å². The Labute approximate surface area is 248 Å². The van der Waals surface area contributed by atoms with Gasteiger partial charge in [0.2, 0.25) is 21.8 Å². The van der Waals surface area contributed by atoms with Crippen LogP contribution in [0.25, 0.3) is 0 Å². The van der Waals surface area contributed by atoms with E-state index in [2.05, 4.69) is 21.2 Å². The first-order valence-electron chi connectivity index (χ1n) is 12.3. The fraction of sp³-hybridized carbons (Fsp3) is 0.286. The van der Waals surface area contributed by atoms with Crippen LogP contribution in [0.5, 0.6) is 0 Å². The summed E-state index contributed by atoms with van der Waals surface area (Å²) in [4.78, 5) is 28.9. The van der Waals surface area contributed by atoms with Crippen LogP contribution in [0.1, 0.15) is 24.5 Å². The number of hydrogen-bond donors (Lipinski definition) is 1. The maximum Gasteiger partial charge on any atom is 0.244 e. The molecule has 0 heterocycles.